The fraction of sp³-hybridized carbons (Fsp3) is 0.500. The minimum absolute atomic E-state index is 0.0178. The first kappa shape index (κ1) is 15.5. The number of hydrogen-bond acceptors (Lipinski definition) is 4. The van der Waals surface area contributed by atoms with Gasteiger partial charge in [-0.1, -0.05) is 19.1 Å². The number of carbonyl (C=O) groups is 2. The van der Waals surface area contributed by atoms with Gasteiger partial charge >= 0.3 is 5.97 Å². The summed E-state index contributed by atoms with van der Waals surface area (Å²) in [5.74, 6) is -0.336. The van der Waals surface area contributed by atoms with E-state index in [4.69, 9.17) is 4.74 Å². The lowest BCUT2D eigenvalue weighted by molar-refractivity contribution is -0.145. The molecule has 1 aromatic carbocycles. The monoisotopic (exact) mass is 291 g/mol. The Morgan fingerprint density at radius 3 is 2.67 bits per heavy atom. The van der Waals surface area contributed by atoms with Crippen molar-refractivity contribution in [3.05, 3.63) is 35.4 Å². The summed E-state index contributed by atoms with van der Waals surface area (Å²) in [6, 6.07) is 7.65. The van der Waals surface area contributed by atoms with Gasteiger partial charge in [-0.25, -0.2) is 0 Å². The third kappa shape index (κ3) is 4.04. The highest BCUT2D eigenvalue weighted by molar-refractivity contribution is 5.94. The van der Waals surface area contributed by atoms with E-state index in [0.717, 1.165) is 6.42 Å². The average molecular weight is 291 g/mol. The van der Waals surface area contributed by atoms with Gasteiger partial charge < -0.3 is 14.4 Å². The van der Waals surface area contributed by atoms with E-state index in [1.165, 1.54) is 12.7 Å². The first-order valence-corrected chi connectivity index (χ1v) is 7.20. The lowest BCUT2D eigenvalue weighted by atomic mass is 10.1. The number of ether oxygens (including phenoxy) is 2. The van der Waals surface area contributed by atoms with Crippen molar-refractivity contribution in [2.45, 2.75) is 25.9 Å². The lowest BCUT2D eigenvalue weighted by Crippen LogP contribution is -2.46. The number of carbonyl (C=O) groups excluding carboxylic acids is 2. The van der Waals surface area contributed by atoms with Gasteiger partial charge in [0.1, 0.15) is 0 Å². The Hall–Kier alpha value is -1.88. The summed E-state index contributed by atoms with van der Waals surface area (Å²) in [6.45, 7) is 3.49. The maximum absolute atomic E-state index is 12.5. The topological polar surface area (TPSA) is 55.8 Å². The first-order chi connectivity index (χ1) is 10.1. The molecule has 1 unspecified atom stereocenters. The molecule has 2 rings (SSSR count). The van der Waals surface area contributed by atoms with Gasteiger partial charge in [0.2, 0.25) is 0 Å². The van der Waals surface area contributed by atoms with E-state index in [1.54, 1.807) is 4.90 Å². The van der Waals surface area contributed by atoms with Crippen molar-refractivity contribution < 1.29 is 19.1 Å². The average Bonchev–Trinajstić information content (AvgIpc) is 2.54. The molecule has 0 bridgehead atoms. The highest BCUT2D eigenvalue weighted by Crippen LogP contribution is 2.14. The highest BCUT2D eigenvalue weighted by atomic mass is 16.5. The Kier molecular flexibility index (Phi) is 5.33. The number of morpholine rings is 1. The highest BCUT2D eigenvalue weighted by Gasteiger charge is 2.26. The number of methoxy groups -OCH3 is 1. The smallest absolute Gasteiger partial charge is 0.308 e. The van der Waals surface area contributed by atoms with Crippen molar-refractivity contribution >= 4 is 11.9 Å². The zero-order valence-corrected chi connectivity index (χ0v) is 12.5. The summed E-state index contributed by atoms with van der Waals surface area (Å²) < 4.78 is 10.1. The van der Waals surface area contributed by atoms with Crippen LogP contribution in [0, 0.1) is 0 Å². The van der Waals surface area contributed by atoms with Crippen LogP contribution >= 0.6 is 0 Å². The largest absolute Gasteiger partial charge is 0.469 e. The molecule has 1 amide bonds. The SMILES string of the molecule is CCc1ccc(C(=O)N2CCOC(CC(=O)OC)C2)cc1. The molecular formula is C16H21NO4. The minimum Gasteiger partial charge on any atom is -0.469 e. The van der Waals surface area contributed by atoms with Crippen LogP contribution in [0.2, 0.25) is 0 Å². The molecule has 5 heteroatoms. The Morgan fingerprint density at radius 2 is 2.05 bits per heavy atom. The predicted molar refractivity (Wildman–Crippen MR) is 78.1 cm³/mol. The Balaban J connectivity index is 1.99. The van der Waals surface area contributed by atoms with Gasteiger partial charge in [-0.3, -0.25) is 9.59 Å². The van der Waals surface area contributed by atoms with Gasteiger partial charge in [-0.15, -0.1) is 0 Å². The molecule has 114 valence electrons. The number of rotatable bonds is 4. The van der Waals surface area contributed by atoms with Gasteiger partial charge in [0.25, 0.3) is 5.91 Å². The second-order valence-electron chi connectivity index (χ2n) is 5.07. The van der Waals surface area contributed by atoms with Crippen molar-refractivity contribution in [1.82, 2.24) is 4.90 Å². The van der Waals surface area contributed by atoms with Crippen molar-refractivity contribution in [3.8, 4) is 0 Å². The summed E-state index contributed by atoms with van der Waals surface area (Å²) in [5.41, 5.74) is 1.88. The molecule has 0 radical (unpaired) electrons. The second-order valence-corrected chi connectivity index (χ2v) is 5.07. The normalized spacial score (nSPS) is 18.4. The summed E-state index contributed by atoms with van der Waals surface area (Å²) in [4.78, 5) is 25.5. The number of aryl methyl sites for hydroxylation is 1. The zero-order chi connectivity index (χ0) is 15.2. The molecule has 0 N–H and O–H groups in total. The fourth-order valence-corrected chi connectivity index (χ4v) is 2.36. The molecule has 1 aromatic rings. The molecule has 0 aliphatic carbocycles. The molecule has 0 saturated carbocycles. The Labute approximate surface area is 124 Å². The van der Waals surface area contributed by atoms with Crippen LogP contribution in [0.5, 0.6) is 0 Å². The first-order valence-electron chi connectivity index (χ1n) is 7.20. The molecule has 1 heterocycles. The molecule has 1 fully saturated rings. The number of benzene rings is 1. The van der Waals surface area contributed by atoms with Crippen molar-refractivity contribution in [2.75, 3.05) is 26.8 Å². The number of amides is 1. The van der Waals surface area contributed by atoms with E-state index < -0.39 is 0 Å². The zero-order valence-electron chi connectivity index (χ0n) is 12.5. The number of esters is 1. The predicted octanol–water partition coefficient (Wildman–Crippen LogP) is 1.65. The summed E-state index contributed by atoms with van der Waals surface area (Å²) >= 11 is 0. The van der Waals surface area contributed by atoms with E-state index in [2.05, 4.69) is 11.7 Å². The van der Waals surface area contributed by atoms with Gasteiger partial charge in [-0.05, 0) is 24.1 Å². The summed E-state index contributed by atoms with van der Waals surface area (Å²) in [7, 11) is 1.35. The van der Waals surface area contributed by atoms with Crippen molar-refractivity contribution in [1.29, 1.82) is 0 Å². The number of nitrogens with zero attached hydrogens (tertiary/aromatic N) is 1. The second kappa shape index (κ2) is 7.22. The molecule has 21 heavy (non-hydrogen) atoms. The molecular weight excluding hydrogens is 270 g/mol. The van der Waals surface area contributed by atoms with Crippen LogP contribution in [-0.2, 0) is 20.7 Å². The van der Waals surface area contributed by atoms with Gasteiger partial charge in [0.15, 0.2) is 0 Å². The van der Waals surface area contributed by atoms with E-state index in [0.29, 0.717) is 25.3 Å². The maximum atomic E-state index is 12.5. The quantitative estimate of drug-likeness (QED) is 0.792. The minimum atomic E-state index is -0.318. The van der Waals surface area contributed by atoms with E-state index in [9.17, 15) is 9.59 Å². The standard InChI is InChI=1S/C16H21NO4/c1-3-12-4-6-13(7-5-12)16(19)17-8-9-21-14(11-17)10-15(18)20-2/h4-7,14H,3,8-11H2,1-2H3. The van der Waals surface area contributed by atoms with Crippen LogP contribution in [0.15, 0.2) is 24.3 Å². The van der Waals surface area contributed by atoms with Crippen molar-refractivity contribution in [3.63, 3.8) is 0 Å². The maximum Gasteiger partial charge on any atom is 0.308 e. The van der Waals surface area contributed by atoms with Crippen LogP contribution in [0.3, 0.4) is 0 Å². The molecule has 0 spiro atoms. The van der Waals surface area contributed by atoms with Gasteiger partial charge in [0, 0.05) is 18.7 Å². The summed E-state index contributed by atoms with van der Waals surface area (Å²) in [6.07, 6.45) is 0.840. The van der Waals surface area contributed by atoms with Gasteiger partial charge in [-0.2, -0.15) is 0 Å². The number of hydrogen-bond donors (Lipinski definition) is 0. The Morgan fingerprint density at radius 1 is 1.33 bits per heavy atom. The fourth-order valence-electron chi connectivity index (χ4n) is 2.36. The molecule has 1 saturated heterocycles. The van der Waals surface area contributed by atoms with Crippen molar-refractivity contribution in [2.24, 2.45) is 0 Å². The molecule has 1 aliphatic heterocycles. The Bertz CT molecular complexity index is 498. The molecule has 0 aromatic heterocycles. The van der Waals surface area contributed by atoms with Gasteiger partial charge in [0.05, 0.1) is 26.2 Å². The molecule has 1 aliphatic rings. The molecule has 1 atom stereocenters. The summed E-state index contributed by atoms with van der Waals surface area (Å²) in [5, 5.41) is 0. The third-order valence-electron chi connectivity index (χ3n) is 3.66. The lowest BCUT2D eigenvalue weighted by Gasteiger charge is -2.32. The van der Waals surface area contributed by atoms with E-state index >= 15 is 0 Å². The van der Waals surface area contributed by atoms with Crippen LogP contribution < -0.4 is 0 Å². The molecule has 5 nitrogen and oxygen atoms in total. The van der Waals surface area contributed by atoms with E-state index in [-0.39, 0.29) is 24.4 Å². The van der Waals surface area contributed by atoms with E-state index in [1.807, 2.05) is 24.3 Å². The van der Waals surface area contributed by atoms with Crippen LogP contribution in [0.25, 0.3) is 0 Å². The van der Waals surface area contributed by atoms with Crippen LogP contribution in [-0.4, -0.2) is 49.7 Å². The van der Waals surface area contributed by atoms with Crippen LogP contribution in [0.4, 0.5) is 0 Å². The van der Waals surface area contributed by atoms with Crippen LogP contribution in [0.1, 0.15) is 29.3 Å². The third-order valence-corrected chi connectivity index (χ3v) is 3.66.